The topological polar surface area (TPSA) is 15.3 Å². The minimum Gasteiger partial charge on any atom is -0.312 e. The Bertz CT molecular complexity index is 284. The van der Waals surface area contributed by atoms with Gasteiger partial charge in [-0.25, -0.2) is 0 Å². The van der Waals surface area contributed by atoms with Crippen LogP contribution in [0, 0.1) is 0 Å². The summed E-state index contributed by atoms with van der Waals surface area (Å²) in [5.74, 6) is 0. The third-order valence-electron chi connectivity index (χ3n) is 4.85. The van der Waals surface area contributed by atoms with Gasteiger partial charge in [0.05, 0.1) is 0 Å². The lowest BCUT2D eigenvalue weighted by molar-refractivity contribution is -0.136. The van der Waals surface area contributed by atoms with Gasteiger partial charge >= 0.3 is 6.18 Å². The lowest BCUT2D eigenvalue weighted by atomic mass is 9.73. The summed E-state index contributed by atoms with van der Waals surface area (Å²) in [4.78, 5) is 2.26. The molecule has 0 aliphatic heterocycles. The monoisotopic (exact) mass is 308 g/mol. The van der Waals surface area contributed by atoms with Crippen molar-refractivity contribution >= 4 is 0 Å². The zero-order valence-electron chi connectivity index (χ0n) is 13.7. The third kappa shape index (κ3) is 5.78. The van der Waals surface area contributed by atoms with Crippen molar-refractivity contribution in [2.24, 2.45) is 0 Å². The summed E-state index contributed by atoms with van der Waals surface area (Å²) >= 11 is 0. The molecule has 1 atom stereocenters. The van der Waals surface area contributed by atoms with Gasteiger partial charge in [-0.15, -0.1) is 0 Å². The minimum absolute atomic E-state index is 0.0268. The van der Waals surface area contributed by atoms with Crippen LogP contribution in [0.1, 0.15) is 64.7 Å². The molecule has 1 aliphatic rings. The molecule has 21 heavy (non-hydrogen) atoms. The smallest absolute Gasteiger partial charge is 0.312 e. The third-order valence-corrected chi connectivity index (χ3v) is 4.85. The summed E-state index contributed by atoms with van der Waals surface area (Å²) in [6.45, 7) is 2.98. The Morgan fingerprint density at radius 1 is 1.14 bits per heavy atom. The van der Waals surface area contributed by atoms with E-state index in [1.807, 2.05) is 0 Å². The van der Waals surface area contributed by atoms with E-state index in [9.17, 15) is 13.2 Å². The predicted molar refractivity (Wildman–Crippen MR) is 81.5 cm³/mol. The molecule has 0 spiro atoms. The first-order valence-corrected chi connectivity index (χ1v) is 8.29. The van der Waals surface area contributed by atoms with Crippen molar-refractivity contribution in [3.05, 3.63) is 0 Å². The Labute approximate surface area is 127 Å². The van der Waals surface area contributed by atoms with Gasteiger partial charge in [0.2, 0.25) is 0 Å². The number of hydrogen-bond donors (Lipinski definition) is 1. The quantitative estimate of drug-likeness (QED) is 0.717. The summed E-state index contributed by atoms with van der Waals surface area (Å²) < 4.78 is 37.3. The normalized spacial score (nSPS) is 20.7. The molecule has 1 fully saturated rings. The van der Waals surface area contributed by atoms with E-state index in [-0.39, 0.29) is 18.0 Å². The number of nitrogens with zero attached hydrogens (tertiary/aromatic N) is 1. The van der Waals surface area contributed by atoms with Gasteiger partial charge in [0.1, 0.15) is 0 Å². The molecule has 1 unspecified atom stereocenters. The second kappa shape index (κ2) is 8.37. The number of alkyl halides is 3. The fourth-order valence-corrected chi connectivity index (χ4v) is 3.66. The maximum atomic E-state index is 12.4. The summed E-state index contributed by atoms with van der Waals surface area (Å²) in [5, 5.41) is 3.54. The van der Waals surface area contributed by atoms with Gasteiger partial charge in [-0.2, -0.15) is 13.2 Å². The second-order valence-electron chi connectivity index (χ2n) is 6.57. The maximum Gasteiger partial charge on any atom is 0.389 e. The van der Waals surface area contributed by atoms with Gasteiger partial charge in [-0.3, -0.25) is 0 Å². The van der Waals surface area contributed by atoms with E-state index in [4.69, 9.17) is 0 Å². The van der Waals surface area contributed by atoms with Crippen LogP contribution in [0.25, 0.3) is 0 Å². The number of hydrogen-bond acceptors (Lipinski definition) is 2. The highest BCUT2D eigenvalue weighted by Crippen LogP contribution is 2.37. The van der Waals surface area contributed by atoms with Crippen molar-refractivity contribution in [3.63, 3.8) is 0 Å². The highest BCUT2D eigenvalue weighted by atomic mass is 19.4. The molecule has 0 bridgehead atoms. The molecule has 2 nitrogen and oxygen atoms in total. The molecule has 1 saturated carbocycles. The highest BCUT2D eigenvalue weighted by Gasteiger charge is 2.41. The van der Waals surface area contributed by atoms with Crippen LogP contribution in [0.15, 0.2) is 0 Å². The first-order valence-electron chi connectivity index (χ1n) is 8.29. The van der Waals surface area contributed by atoms with Crippen LogP contribution < -0.4 is 5.32 Å². The molecule has 126 valence electrons. The van der Waals surface area contributed by atoms with E-state index in [2.05, 4.69) is 31.2 Å². The Balaban J connectivity index is 2.72. The van der Waals surface area contributed by atoms with Crippen LogP contribution in [0.2, 0.25) is 0 Å². The van der Waals surface area contributed by atoms with Crippen molar-refractivity contribution in [2.45, 2.75) is 82.5 Å². The molecule has 0 heterocycles. The molecule has 0 aromatic heterocycles. The van der Waals surface area contributed by atoms with Gasteiger partial charge in [-0.1, -0.05) is 26.2 Å². The molecular weight excluding hydrogens is 277 g/mol. The van der Waals surface area contributed by atoms with Crippen LogP contribution in [0.4, 0.5) is 13.2 Å². The fraction of sp³-hybridized carbons (Fsp3) is 1.00. The molecule has 0 saturated heterocycles. The van der Waals surface area contributed by atoms with Gasteiger partial charge in [-0.05, 0) is 52.7 Å². The summed E-state index contributed by atoms with van der Waals surface area (Å²) in [6, 6.07) is 0.162. The Morgan fingerprint density at radius 2 is 1.76 bits per heavy atom. The molecule has 5 heteroatoms. The summed E-state index contributed by atoms with van der Waals surface area (Å²) in [7, 11) is 4.16. The van der Waals surface area contributed by atoms with E-state index in [1.165, 1.54) is 19.3 Å². The lowest BCUT2D eigenvalue weighted by Crippen LogP contribution is -2.60. The molecule has 0 radical (unpaired) electrons. The van der Waals surface area contributed by atoms with E-state index in [0.717, 1.165) is 25.8 Å². The predicted octanol–water partition coefficient (Wildman–Crippen LogP) is 4.35. The zero-order chi connectivity index (χ0) is 15.9. The largest absolute Gasteiger partial charge is 0.389 e. The number of rotatable bonds is 8. The average molecular weight is 308 g/mol. The van der Waals surface area contributed by atoms with Gasteiger partial charge < -0.3 is 10.2 Å². The standard InChI is InChI=1S/C16H31F3N2/c1-4-13-20-14(9-8-12-16(17,18)19)15(21(2)3)10-6-5-7-11-15/h14,20H,4-13H2,1-3H3. The number of halogens is 3. The summed E-state index contributed by atoms with van der Waals surface area (Å²) in [6.07, 6.45) is 2.94. The Morgan fingerprint density at radius 3 is 2.24 bits per heavy atom. The SMILES string of the molecule is CCCNC(CCCC(F)(F)F)C1(N(C)C)CCCCC1. The van der Waals surface area contributed by atoms with Crippen LogP contribution >= 0.6 is 0 Å². The summed E-state index contributed by atoms with van der Waals surface area (Å²) in [5.41, 5.74) is 0.0268. The number of nitrogens with one attached hydrogen (secondary N) is 1. The zero-order valence-corrected chi connectivity index (χ0v) is 13.7. The van der Waals surface area contributed by atoms with Crippen molar-refractivity contribution in [1.29, 1.82) is 0 Å². The highest BCUT2D eigenvalue weighted by molar-refractivity contribution is 5.00. The van der Waals surface area contributed by atoms with E-state index in [0.29, 0.717) is 6.42 Å². The molecule has 0 aromatic rings. The van der Waals surface area contributed by atoms with Gasteiger partial charge in [0.15, 0.2) is 0 Å². The van der Waals surface area contributed by atoms with Crippen molar-refractivity contribution in [2.75, 3.05) is 20.6 Å². The first kappa shape index (κ1) is 18.8. The molecular formula is C16H31F3N2. The van der Waals surface area contributed by atoms with Crippen LogP contribution in [0.3, 0.4) is 0 Å². The van der Waals surface area contributed by atoms with Gasteiger partial charge in [0.25, 0.3) is 0 Å². The molecule has 0 amide bonds. The lowest BCUT2D eigenvalue weighted by Gasteiger charge is -2.49. The minimum atomic E-state index is -4.03. The fourth-order valence-electron chi connectivity index (χ4n) is 3.66. The van der Waals surface area contributed by atoms with E-state index < -0.39 is 12.6 Å². The Kier molecular flexibility index (Phi) is 7.48. The molecule has 1 N–H and O–H groups in total. The van der Waals surface area contributed by atoms with Crippen molar-refractivity contribution < 1.29 is 13.2 Å². The van der Waals surface area contributed by atoms with Gasteiger partial charge in [0, 0.05) is 18.0 Å². The molecule has 1 aliphatic carbocycles. The van der Waals surface area contributed by atoms with Crippen LogP contribution in [-0.2, 0) is 0 Å². The molecule has 0 aromatic carbocycles. The second-order valence-corrected chi connectivity index (χ2v) is 6.57. The number of likely N-dealkylation sites (N-methyl/N-ethyl adjacent to an activating group) is 1. The average Bonchev–Trinajstić information content (AvgIpc) is 2.42. The first-order chi connectivity index (χ1) is 9.82. The van der Waals surface area contributed by atoms with Crippen LogP contribution in [0.5, 0.6) is 0 Å². The van der Waals surface area contributed by atoms with Crippen molar-refractivity contribution in [3.8, 4) is 0 Å². The van der Waals surface area contributed by atoms with Crippen molar-refractivity contribution in [1.82, 2.24) is 10.2 Å². The van der Waals surface area contributed by atoms with E-state index >= 15 is 0 Å². The Hall–Kier alpha value is -0.290. The maximum absolute atomic E-state index is 12.4. The van der Waals surface area contributed by atoms with Crippen LogP contribution in [-0.4, -0.2) is 43.3 Å². The molecule has 1 rings (SSSR count). The van der Waals surface area contributed by atoms with E-state index in [1.54, 1.807) is 0 Å².